The van der Waals surface area contributed by atoms with E-state index in [1.54, 1.807) is 30.3 Å². The minimum Gasteiger partial charge on any atom is -0.166 e. The summed E-state index contributed by atoms with van der Waals surface area (Å²) in [5.74, 6) is 0. The summed E-state index contributed by atoms with van der Waals surface area (Å²) >= 11 is 0. The number of benzene rings is 4. The number of fused-ring (bicyclic) bond motifs is 6. The van der Waals surface area contributed by atoms with Crippen LogP contribution in [0.5, 0.6) is 0 Å². The van der Waals surface area contributed by atoms with Crippen molar-refractivity contribution < 1.29 is 26.3 Å². The quantitative estimate of drug-likeness (QED) is 0.212. The number of aryl methyl sites for hydroxylation is 2. The van der Waals surface area contributed by atoms with Gasteiger partial charge in [-0.15, -0.1) is 0 Å². The van der Waals surface area contributed by atoms with Crippen LogP contribution in [0, 0.1) is 13.8 Å². The zero-order valence-corrected chi connectivity index (χ0v) is 14.9. The lowest BCUT2D eigenvalue weighted by atomic mass is 9.89. The van der Waals surface area contributed by atoms with Crippen molar-refractivity contribution in [2.45, 2.75) is 26.2 Å². The fraction of sp³-hybridized carbons (Fsp3) is 0.182. The second kappa shape index (κ2) is 5.87. The van der Waals surface area contributed by atoms with Crippen molar-refractivity contribution >= 4 is 32.3 Å². The summed E-state index contributed by atoms with van der Waals surface area (Å²) in [7, 11) is 0. The Kier molecular flexibility index (Phi) is 3.90. The molecule has 0 aliphatic carbocycles. The molecular weight excluding hydrogens is 378 g/mol. The van der Waals surface area contributed by atoms with Gasteiger partial charge in [-0.3, -0.25) is 0 Å². The molecule has 0 bridgehead atoms. The van der Waals surface area contributed by atoms with Crippen molar-refractivity contribution in [3.05, 3.63) is 70.8 Å². The second-order valence-corrected chi connectivity index (χ2v) is 6.97. The van der Waals surface area contributed by atoms with Crippen LogP contribution in [-0.2, 0) is 12.4 Å². The summed E-state index contributed by atoms with van der Waals surface area (Å²) in [5.41, 5.74) is -1.51. The summed E-state index contributed by atoms with van der Waals surface area (Å²) in [5, 5.41) is 2.76. The molecule has 0 nitrogen and oxygen atoms in total. The molecule has 0 unspecified atom stereocenters. The average Bonchev–Trinajstić information content (AvgIpc) is 2.61. The molecular formula is C22H14F6. The van der Waals surface area contributed by atoms with Gasteiger partial charge in [0.25, 0.3) is 0 Å². The number of rotatable bonds is 0. The maximum atomic E-state index is 13.5. The van der Waals surface area contributed by atoms with Gasteiger partial charge < -0.3 is 0 Å². The molecule has 0 amide bonds. The molecule has 144 valence electrons. The first-order valence-electron chi connectivity index (χ1n) is 8.52. The first-order valence-corrected chi connectivity index (χ1v) is 8.52. The highest BCUT2D eigenvalue weighted by Crippen LogP contribution is 2.45. The lowest BCUT2D eigenvalue weighted by Gasteiger charge is -2.19. The molecule has 0 saturated heterocycles. The molecule has 0 heterocycles. The van der Waals surface area contributed by atoms with E-state index in [1.807, 2.05) is 19.9 Å². The van der Waals surface area contributed by atoms with E-state index in [-0.39, 0.29) is 10.8 Å². The molecule has 0 fully saturated rings. The number of alkyl halides is 6. The molecule has 4 aromatic rings. The zero-order valence-electron chi connectivity index (χ0n) is 14.9. The Morgan fingerprint density at radius 1 is 0.500 bits per heavy atom. The third kappa shape index (κ3) is 2.79. The van der Waals surface area contributed by atoms with Gasteiger partial charge >= 0.3 is 12.4 Å². The van der Waals surface area contributed by atoms with Gasteiger partial charge in [-0.25, -0.2) is 0 Å². The Labute approximate surface area is 156 Å². The van der Waals surface area contributed by atoms with Crippen LogP contribution < -0.4 is 0 Å². The van der Waals surface area contributed by atoms with Crippen molar-refractivity contribution in [2.24, 2.45) is 0 Å². The van der Waals surface area contributed by atoms with Gasteiger partial charge in [-0.05, 0) is 69.4 Å². The molecule has 0 spiro atoms. The molecule has 4 rings (SSSR count). The summed E-state index contributed by atoms with van der Waals surface area (Å²) < 4.78 is 80.7. The van der Waals surface area contributed by atoms with Crippen LogP contribution in [0.2, 0.25) is 0 Å². The van der Waals surface area contributed by atoms with Crippen LogP contribution in [0.15, 0.2) is 48.5 Å². The van der Waals surface area contributed by atoms with Crippen LogP contribution in [0.25, 0.3) is 32.3 Å². The molecule has 0 saturated carbocycles. The monoisotopic (exact) mass is 392 g/mol. The van der Waals surface area contributed by atoms with E-state index in [2.05, 4.69) is 0 Å². The summed E-state index contributed by atoms with van der Waals surface area (Å²) in [4.78, 5) is 0. The molecule has 0 aromatic heterocycles. The third-order valence-corrected chi connectivity index (χ3v) is 5.20. The highest BCUT2D eigenvalue weighted by atomic mass is 19.4. The maximum Gasteiger partial charge on any atom is 0.417 e. The van der Waals surface area contributed by atoms with E-state index in [0.29, 0.717) is 28.3 Å². The van der Waals surface area contributed by atoms with E-state index in [4.69, 9.17) is 0 Å². The third-order valence-electron chi connectivity index (χ3n) is 5.20. The van der Waals surface area contributed by atoms with Gasteiger partial charge in [0.05, 0.1) is 11.1 Å². The molecule has 6 heteroatoms. The molecule has 4 aromatic carbocycles. The van der Waals surface area contributed by atoms with Crippen molar-refractivity contribution in [2.75, 3.05) is 0 Å². The SMILES string of the molecule is Cc1cc2c3ccccc3c3cc(C(F)(F)F)c(C(F)(F)F)cc3c2cc1C. The Hall–Kier alpha value is -2.76. The molecule has 28 heavy (non-hydrogen) atoms. The van der Waals surface area contributed by atoms with E-state index >= 15 is 0 Å². The van der Waals surface area contributed by atoms with Gasteiger partial charge in [0.1, 0.15) is 0 Å². The highest BCUT2D eigenvalue weighted by molar-refractivity contribution is 6.25. The highest BCUT2D eigenvalue weighted by Gasteiger charge is 2.43. The Bertz CT molecular complexity index is 1250. The molecule has 0 atom stereocenters. The first kappa shape index (κ1) is 18.6. The van der Waals surface area contributed by atoms with E-state index in [1.165, 1.54) is 0 Å². The van der Waals surface area contributed by atoms with Crippen LogP contribution in [0.1, 0.15) is 22.3 Å². The van der Waals surface area contributed by atoms with Gasteiger partial charge in [0.2, 0.25) is 0 Å². The van der Waals surface area contributed by atoms with E-state index in [9.17, 15) is 26.3 Å². The fourth-order valence-corrected chi connectivity index (χ4v) is 3.73. The van der Waals surface area contributed by atoms with Gasteiger partial charge in [-0.1, -0.05) is 36.4 Å². The topological polar surface area (TPSA) is 0 Å². The lowest BCUT2D eigenvalue weighted by molar-refractivity contribution is -0.161. The van der Waals surface area contributed by atoms with Crippen molar-refractivity contribution in [3.8, 4) is 0 Å². The first-order chi connectivity index (χ1) is 13.0. The Morgan fingerprint density at radius 2 is 0.821 bits per heavy atom. The van der Waals surface area contributed by atoms with Gasteiger partial charge in [0, 0.05) is 0 Å². The van der Waals surface area contributed by atoms with E-state index in [0.717, 1.165) is 16.5 Å². The number of hydrogen-bond acceptors (Lipinski definition) is 0. The van der Waals surface area contributed by atoms with Gasteiger partial charge in [-0.2, -0.15) is 26.3 Å². The zero-order chi connectivity index (χ0) is 20.4. The standard InChI is InChI=1S/C22H14F6/c1-11-7-15-13-5-3-4-6-14(13)17-9-19(21(23,24)25)20(22(26,27)28)10-18(17)16(15)8-12(11)2/h3-10H,1-2H3. The minimum atomic E-state index is -5.11. The predicted molar refractivity (Wildman–Crippen MR) is 98.4 cm³/mol. The van der Waals surface area contributed by atoms with Gasteiger partial charge in [0.15, 0.2) is 0 Å². The summed E-state index contributed by atoms with van der Waals surface area (Å²) in [6.45, 7) is 3.71. The smallest absolute Gasteiger partial charge is 0.166 e. The second-order valence-electron chi connectivity index (χ2n) is 6.97. The summed E-state index contributed by atoms with van der Waals surface area (Å²) in [6, 6.07) is 11.7. The molecule has 0 radical (unpaired) electrons. The fourth-order valence-electron chi connectivity index (χ4n) is 3.73. The largest absolute Gasteiger partial charge is 0.417 e. The van der Waals surface area contributed by atoms with Crippen LogP contribution in [0.4, 0.5) is 26.3 Å². The Balaban J connectivity index is 2.32. The molecule has 0 aliphatic heterocycles. The van der Waals surface area contributed by atoms with Crippen molar-refractivity contribution in [1.82, 2.24) is 0 Å². The van der Waals surface area contributed by atoms with Crippen LogP contribution >= 0.6 is 0 Å². The van der Waals surface area contributed by atoms with Crippen LogP contribution in [-0.4, -0.2) is 0 Å². The number of halogens is 6. The van der Waals surface area contributed by atoms with Crippen molar-refractivity contribution in [1.29, 1.82) is 0 Å². The molecule has 0 aliphatic rings. The normalized spacial score (nSPS) is 13.0. The number of hydrogen-bond donors (Lipinski definition) is 0. The predicted octanol–water partition coefficient (Wildman–Crippen LogP) is 7.80. The Morgan fingerprint density at radius 3 is 1.21 bits per heavy atom. The lowest BCUT2D eigenvalue weighted by Crippen LogP contribution is -2.16. The molecule has 0 N–H and O–H groups in total. The maximum absolute atomic E-state index is 13.5. The average molecular weight is 392 g/mol. The van der Waals surface area contributed by atoms with E-state index < -0.39 is 23.5 Å². The minimum absolute atomic E-state index is 0.159. The van der Waals surface area contributed by atoms with Crippen molar-refractivity contribution in [3.63, 3.8) is 0 Å². The van der Waals surface area contributed by atoms with Crippen LogP contribution in [0.3, 0.4) is 0 Å². The summed E-state index contributed by atoms with van der Waals surface area (Å²) in [6.07, 6.45) is -10.2.